The minimum atomic E-state index is 0.243. The van der Waals surface area contributed by atoms with Gasteiger partial charge in [0, 0.05) is 18.2 Å². The number of rotatable bonds is 9. The van der Waals surface area contributed by atoms with Gasteiger partial charge < -0.3 is 15.0 Å². The van der Waals surface area contributed by atoms with Crippen LogP contribution in [0.4, 0.5) is 0 Å². The van der Waals surface area contributed by atoms with Gasteiger partial charge in [-0.05, 0) is 66.1 Å². The van der Waals surface area contributed by atoms with Crippen molar-refractivity contribution in [3.8, 4) is 0 Å². The predicted molar refractivity (Wildman–Crippen MR) is 82.7 cm³/mol. The maximum atomic E-state index is 5.72. The first-order valence-electron chi connectivity index (χ1n) is 8.07. The number of nitrogens with one attached hydrogen (secondary N) is 1. The summed E-state index contributed by atoms with van der Waals surface area (Å²) in [6, 6.07) is 0.568. The van der Waals surface area contributed by atoms with Crippen LogP contribution >= 0.6 is 0 Å². The Kier molecular flexibility index (Phi) is 7.33. The molecular weight excluding hydrogens is 236 g/mol. The molecular formula is C16H34N2O. The van der Waals surface area contributed by atoms with Crippen molar-refractivity contribution in [2.24, 2.45) is 0 Å². The molecule has 3 heteroatoms. The second-order valence-corrected chi connectivity index (χ2v) is 6.28. The third-order valence-corrected chi connectivity index (χ3v) is 4.98. The fourth-order valence-electron chi connectivity index (χ4n) is 3.18. The zero-order chi connectivity index (χ0) is 14.3. The highest BCUT2D eigenvalue weighted by Gasteiger charge is 2.33. The molecule has 0 aromatic heterocycles. The number of ether oxygens (including phenoxy) is 1. The molecule has 3 atom stereocenters. The quantitative estimate of drug-likeness (QED) is 0.697. The fourth-order valence-corrected chi connectivity index (χ4v) is 3.18. The average Bonchev–Trinajstić information content (AvgIpc) is 2.89. The molecule has 1 rings (SSSR count). The summed E-state index contributed by atoms with van der Waals surface area (Å²) < 4.78 is 5.72. The minimum Gasteiger partial charge on any atom is -0.378 e. The van der Waals surface area contributed by atoms with E-state index in [0.717, 1.165) is 13.2 Å². The zero-order valence-electron chi connectivity index (χ0n) is 13.7. The van der Waals surface area contributed by atoms with E-state index in [-0.39, 0.29) is 5.54 Å². The molecule has 114 valence electrons. The summed E-state index contributed by atoms with van der Waals surface area (Å²) in [5.41, 5.74) is 0.243. The molecule has 0 radical (unpaired) electrons. The molecule has 0 bridgehead atoms. The summed E-state index contributed by atoms with van der Waals surface area (Å²) >= 11 is 0. The summed E-state index contributed by atoms with van der Waals surface area (Å²) in [5.74, 6) is 0. The van der Waals surface area contributed by atoms with Gasteiger partial charge in [-0.15, -0.1) is 0 Å². The summed E-state index contributed by atoms with van der Waals surface area (Å²) in [6.07, 6.45) is 7.99. The Bertz CT molecular complexity index is 239. The summed E-state index contributed by atoms with van der Waals surface area (Å²) in [5, 5.41) is 3.70. The third kappa shape index (κ3) is 4.73. The van der Waals surface area contributed by atoms with Crippen molar-refractivity contribution in [1.29, 1.82) is 0 Å². The van der Waals surface area contributed by atoms with Gasteiger partial charge in [-0.2, -0.15) is 0 Å². The van der Waals surface area contributed by atoms with Crippen LogP contribution in [0.3, 0.4) is 0 Å². The number of hydrogen-bond acceptors (Lipinski definition) is 3. The number of hydrogen-bond donors (Lipinski definition) is 1. The van der Waals surface area contributed by atoms with Crippen molar-refractivity contribution in [2.75, 3.05) is 27.2 Å². The van der Waals surface area contributed by atoms with Crippen LogP contribution in [0.15, 0.2) is 0 Å². The van der Waals surface area contributed by atoms with Crippen LogP contribution in [0.2, 0.25) is 0 Å². The molecule has 0 aromatic carbocycles. The smallest absolute Gasteiger partial charge is 0.0576 e. The lowest BCUT2D eigenvalue weighted by Crippen LogP contribution is -2.56. The van der Waals surface area contributed by atoms with Crippen molar-refractivity contribution in [3.05, 3.63) is 0 Å². The van der Waals surface area contributed by atoms with E-state index in [0.29, 0.717) is 12.1 Å². The first-order valence-corrected chi connectivity index (χ1v) is 8.07. The van der Waals surface area contributed by atoms with E-state index in [1.807, 2.05) is 0 Å². The molecule has 1 saturated heterocycles. The van der Waals surface area contributed by atoms with Crippen molar-refractivity contribution in [1.82, 2.24) is 10.2 Å². The SMILES string of the molecule is CCNC(CCCC1CCCO1)C(C)(CC)N(C)C. The Morgan fingerprint density at radius 3 is 2.58 bits per heavy atom. The lowest BCUT2D eigenvalue weighted by molar-refractivity contribution is 0.0879. The monoisotopic (exact) mass is 270 g/mol. The molecule has 1 aliphatic rings. The van der Waals surface area contributed by atoms with Gasteiger partial charge in [-0.25, -0.2) is 0 Å². The van der Waals surface area contributed by atoms with E-state index in [9.17, 15) is 0 Å². The Morgan fingerprint density at radius 2 is 2.11 bits per heavy atom. The second kappa shape index (κ2) is 8.23. The lowest BCUT2D eigenvalue weighted by atomic mass is 9.84. The molecule has 0 spiro atoms. The van der Waals surface area contributed by atoms with Gasteiger partial charge in [-0.1, -0.05) is 13.8 Å². The van der Waals surface area contributed by atoms with E-state index in [1.165, 1.54) is 38.5 Å². The Morgan fingerprint density at radius 1 is 1.37 bits per heavy atom. The normalized spacial score (nSPS) is 24.6. The van der Waals surface area contributed by atoms with Crippen LogP contribution in [0.5, 0.6) is 0 Å². The van der Waals surface area contributed by atoms with E-state index in [1.54, 1.807) is 0 Å². The fraction of sp³-hybridized carbons (Fsp3) is 1.00. The van der Waals surface area contributed by atoms with Gasteiger partial charge in [0.15, 0.2) is 0 Å². The highest BCUT2D eigenvalue weighted by atomic mass is 16.5. The lowest BCUT2D eigenvalue weighted by Gasteiger charge is -2.43. The molecule has 19 heavy (non-hydrogen) atoms. The molecule has 1 fully saturated rings. The number of likely N-dealkylation sites (N-methyl/N-ethyl adjacent to an activating group) is 2. The van der Waals surface area contributed by atoms with Gasteiger partial charge in [0.25, 0.3) is 0 Å². The van der Waals surface area contributed by atoms with Gasteiger partial charge >= 0.3 is 0 Å². The van der Waals surface area contributed by atoms with Crippen LogP contribution in [0.25, 0.3) is 0 Å². The minimum absolute atomic E-state index is 0.243. The van der Waals surface area contributed by atoms with Crippen LogP contribution in [0.1, 0.15) is 59.3 Å². The molecule has 1 heterocycles. The van der Waals surface area contributed by atoms with Crippen LogP contribution in [-0.2, 0) is 4.74 Å². The van der Waals surface area contributed by atoms with E-state index < -0.39 is 0 Å². The Balaban J connectivity index is 2.46. The van der Waals surface area contributed by atoms with E-state index in [4.69, 9.17) is 4.74 Å². The first-order chi connectivity index (χ1) is 9.04. The van der Waals surface area contributed by atoms with Crippen molar-refractivity contribution in [2.45, 2.75) is 77.0 Å². The Hall–Kier alpha value is -0.120. The number of nitrogens with zero attached hydrogens (tertiary/aromatic N) is 1. The maximum Gasteiger partial charge on any atom is 0.0576 e. The summed E-state index contributed by atoms with van der Waals surface area (Å²) in [4.78, 5) is 2.38. The van der Waals surface area contributed by atoms with Crippen molar-refractivity contribution < 1.29 is 4.74 Å². The van der Waals surface area contributed by atoms with Crippen LogP contribution in [-0.4, -0.2) is 49.8 Å². The van der Waals surface area contributed by atoms with Gasteiger partial charge in [0.2, 0.25) is 0 Å². The molecule has 0 amide bonds. The Labute approximate surface area is 120 Å². The molecule has 0 saturated carbocycles. The highest BCUT2D eigenvalue weighted by Crippen LogP contribution is 2.26. The highest BCUT2D eigenvalue weighted by molar-refractivity contribution is 4.94. The molecule has 3 nitrogen and oxygen atoms in total. The van der Waals surface area contributed by atoms with Gasteiger partial charge in [0.05, 0.1) is 6.10 Å². The molecule has 1 N–H and O–H groups in total. The molecule has 1 aliphatic heterocycles. The van der Waals surface area contributed by atoms with Crippen LogP contribution in [0, 0.1) is 0 Å². The average molecular weight is 270 g/mol. The maximum absolute atomic E-state index is 5.72. The van der Waals surface area contributed by atoms with Crippen LogP contribution < -0.4 is 5.32 Å². The van der Waals surface area contributed by atoms with Crippen molar-refractivity contribution in [3.63, 3.8) is 0 Å². The standard InChI is InChI=1S/C16H34N2O/c1-6-16(3,18(4)5)15(17-7-2)12-8-10-14-11-9-13-19-14/h14-15,17H,6-13H2,1-5H3. The zero-order valence-corrected chi connectivity index (χ0v) is 13.7. The third-order valence-electron chi connectivity index (χ3n) is 4.98. The predicted octanol–water partition coefficient (Wildman–Crippen LogP) is 3.04. The van der Waals surface area contributed by atoms with Crippen molar-refractivity contribution >= 4 is 0 Å². The molecule has 0 aromatic rings. The first kappa shape index (κ1) is 16.9. The van der Waals surface area contributed by atoms with Gasteiger partial charge in [0.1, 0.15) is 0 Å². The molecule has 0 aliphatic carbocycles. The largest absolute Gasteiger partial charge is 0.378 e. The van der Waals surface area contributed by atoms with Gasteiger partial charge in [-0.3, -0.25) is 0 Å². The summed E-state index contributed by atoms with van der Waals surface area (Å²) in [6.45, 7) is 8.91. The topological polar surface area (TPSA) is 24.5 Å². The van der Waals surface area contributed by atoms with E-state index >= 15 is 0 Å². The van der Waals surface area contributed by atoms with E-state index in [2.05, 4.69) is 45.1 Å². The summed E-state index contributed by atoms with van der Waals surface area (Å²) in [7, 11) is 4.40. The second-order valence-electron chi connectivity index (χ2n) is 6.28. The molecule has 3 unspecified atom stereocenters.